The highest BCUT2D eigenvalue weighted by Gasteiger charge is 2.27. The molecule has 62 valence electrons. The van der Waals surface area contributed by atoms with E-state index in [9.17, 15) is 4.79 Å². The van der Waals surface area contributed by atoms with Crippen molar-refractivity contribution in [3.8, 4) is 0 Å². The van der Waals surface area contributed by atoms with E-state index in [-0.39, 0.29) is 0 Å². The van der Waals surface area contributed by atoms with Crippen LogP contribution in [0.5, 0.6) is 0 Å². The van der Waals surface area contributed by atoms with Gasteiger partial charge in [-0.05, 0) is 31.8 Å². The number of rotatable bonds is 4. The van der Waals surface area contributed by atoms with E-state index < -0.39 is 0 Å². The van der Waals surface area contributed by atoms with Crippen molar-refractivity contribution in [1.82, 2.24) is 0 Å². The van der Waals surface area contributed by atoms with Gasteiger partial charge in [0.1, 0.15) is 0 Å². The number of allylic oxidation sites excluding steroid dienone is 2. The number of carbonyl (C=O) groups is 1. The molecule has 0 aliphatic heterocycles. The Morgan fingerprint density at radius 3 is 2.27 bits per heavy atom. The molecule has 0 spiro atoms. The molecule has 1 saturated carbocycles. The van der Waals surface area contributed by atoms with Gasteiger partial charge in [0, 0.05) is 5.92 Å². The van der Waals surface area contributed by atoms with Gasteiger partial charge in [-0.15, -0.1) is 0 Å². The molecule has 0 atom stereocenters. The maximum Gasteiger partial charge on any atom is 0.158 e. The van der Waals surface area contributed by atoms with Gasteiger partial charge in [0.25, 0.3) is 0 Å². The summed E-state index contributed by atoms with van der Waals surface area (Å²) in [6.45, 7) is 4.21. The molecule has 0 aromatic rings. The zero-order valence-corrected chi connectivity index (χ0v) is 7.39. The van der Waals surface area contributed by atoms with Crippen LogP contribution < -0.4 is 0 Å². The highest BCUT2D eigenvalue weighted by molar-refractivity contribution is 5.93. The second-order valence-corrected chi connectivity index (χ2v) is 3.19. The normalized spacial score (nSPS) is 16.2. The Labute approximate surface area is 68.5 Å². The Morgan fingerprint density at radius 2 is 1.91 bits per heavy atom. The number of hydrogen-bond donors (Lipinski definition) is 0. The van der Waals surface area contributed by atoms with Crippen LogP contribution in [0.3, 0.4) is 0 Å². The van der Waals surface area contributed by atoms with Crippen LogP contribution in [0.2, 0.25) is 0 Å². The average molecular weight is 152 g/mol. The molecule has 1 rings (SSSR count). The molecule has 1 heteroatoms. The van der Waals surface area contributed by atoms with Gasteiger partial charge in [-0.1, -0.05) is 19.4 Å². The Hall–Kier alpha value is -0.590. The Kier molecular flexibility index (Phi) is 2.86. The van der Waals surface area contributed by atoms with Gasteiger partial charge in [0.05, 0.1) is 0 Å². The number of hydrogen-bond acceptors (Lipinski definition) is 1. The SMILES string of the molecule is CCC(=CC(=O)C1CC1)CC. The van der Waals surface area contributed by atoms with Crippen LogP contribution in [0.4, 0.5) is 0 Å². The van der Waals surface area contributed by atoms with E-state index in [1.165, 1.54) is 5.57 Å². The molecule has 0 radical (unpaired) electrons. The van der Waals surface area contributed by atoms with Crippen LogP contribution in [-0.4, -0.2) is 5.78 Å². The highest BCUT2D eigenvalue weighted by Crippen LogP contribution is 2.30. The lowest BCUT2D eigenvalue weighted by atomic mass is 10.1. The van der Waals surface area contributed by atoms with Gasteiger partial charge in [0.2, 0.25) is 0 Å². The minimum absolute atomic E-state index is 0.365. The third-order valence-electron chi connectivity index (χ3n) is 2.23. The molecule has 11 heavy (non-hydrogen) atoms. The van der Waals surface area contributed by atoms with Crippen molar-refractivity contribution in [3.05, 3.63) is 11.6 Å². The zero-order valence-electron chi connectivity index (χ0n) is 7.39. The Bertz CT molecular complexity index is 169. The summed E-state index contributed by atoms with van der Waals surface area (Å²) >= 11 is 0. The van der Waals surface area contributed by atoms with Crippen molar-refractivity contribution in [2.24, 2.45) is 5.92 Å². The van der Waals surface area contributed by atoms with Gasteiger partial charge >= 0.3 is 0 Å². The monoisotopic (exact) mass is 152 g/mol. The fourth-order valence-electron chi connectivity index (χ4n) is 1.14. The largest absolute Gasteiger partial charge is 0.295 e. The van der Waals surface area contributed by atoms with Crippen LogP contribution in [0.15, 0.2) is 11.6 Å². The summed E-state index contributed by atoms with van der Waals surface area (Å²) in [5.74, 6) is 0.756. The van der Waals surface area contributed by atoms with Crippen LogP contribution in [0.25, 0.3) is 0 Å². The molecule has 0 amide bonds. The molecule has 0 N–H and O–H groups in total. The predicted octanol–water partition coefficient (Wildman–Crippen LogP) is 2.71. The lowest BCUT2D eigenvalue weighted by Gasteiger charge is -1.97. The van der Waals surface area contributed by atoms with Crippen molar-refractivity contribution in [2.45, 2.75) is 39.5 Å². The standard InChI is InChI=1S/C10H16O/c1-3-8(4-2)7-10(11)9-5-6-9/h7,9H,3-6H2,1-2H3. The average Bonchev–Trinajstić information content (AvgIpc) is 2.81. The lowest BCUT2D eigenvalue weighted by molar-refractivity contribution is -0.115. The second-order valence-electron chi connectivity index (χ2n) is 3.19. The number of ketones is 1. The topological polar surface area (TPSA) is 17.1 Å². The Balaban J connectivity index is 2.45. The minimum Gasteiger partial charge on any atom is -0.295 e. The lowest BCUT2D eigenvalue weighted by Crippen LogP contribution is -1.96. The van der Waals surface area contributed by atoms with Gasteiger partial charge in [-0.3, -0.25) is 4.79 Å². The maximum atomic E-state index is 11.3. The van der Waals surface area contributed by atoms with Gasteiger partial charge in [-0.25, -0.2) is 0 Å². The summed E-state index contributed by atoms with van der Waals surface area (Å²) < 4.78 is 0. The molecule has 1 nitrogen and oxygen atoms in total. The maximum absolute atomic E-state index is 11.3. The van der Waals surface area contributed by atoms with Crippen LogP contribution in [0.1, 0.15) is 39.5 Å². The molecule has 1 aliphatic rings. The van der Waals surface area contributed by atoms with Gasteiger partial charge in [-0.2, -0.15) is 0 Å². The molecular weight excluding hydrogens is 136 g/mol. The van der Waals surface area contributed by atoms with E-state index in [1.54, 1.807) is 0 Å². The third-order valence-corrected chi connectivity index (χ3v) is 2.23. The molecule has 1 fully saturated rings. The summed E-state index contributed by atoms with van der Waals surface area (Å²) in [6.07, 6.45) is 6.15. The Morgan fingerprint density at radius 1 is 1.36 bits per heavy atom. The first-order valence-corrected chi connectivity index (χ1v) is 4.51. The first kappa shape index (κ1) is 8.51. The molecule has 0 saturated heterocycles. The van der Waals surface area contributed by atoms with Crippen molar-refractivity contribution in [2.75, 3.05) is 0 Å². The van der Waals surface area contributed by atoms with Crippen LogP contribution in [0, 0.1) is 5.92 Å². The summed E-state index contributed by atoms with van der Waals surface area (Å²) in [6, 6.07) is 0. The minimum atomic E-state index is 0.365. The third kappa shape index (κ3) is 2.49. The van der Waals surface area contributed by atoms with Crippen molar-refractivity contribution in [3.63, 3.8) is 0 Å². The fraction of sp³-hybridized carbons (Fsp3) is 0.700. The van der Waals surface area contributed by atoms with Crippen molar-refractivity contribution >= 4 is 5.78 Å². The van der Waals surface area contributed by atoms with Crippen LogP contribution >= 0.6 is 0 Å². The molecule has 0 aromatic carbocycles. The fourth-order valence-corrected chi connectivity index (χ4v) is 1.14. The second kappa shape index (κ2) is 3.70. The summed E-state index contributed by atoms with van der Waals surface area (Å²) in [7, 11) is 0. The first-order chi connectivity index (χ1) is 5.27. The van der Waals surface area contributed by atoms with Crippen molar-refractivity contribution in [1.29, 1.82) is 0 Å². The molecule has 0 unspecified atom stereocenters. The van der Waals surface area contributed by atoms with E-state index in [1.807, 2.05) is 6.08 Å². The summed E-state index contributed by atoms with van der Waals surface area (Å²) in [4.78, 5) is 11.3. The first-order valence-electron chi connectivity index (χ1n) is 4.51. The van der Waals surface area contributed by atoms with Gasteiger partial charge in [0.15, 0.2) is 5.78 Å². The van der Waals surface area contributed by atoms with E-state index in [0.717, 1.165) is 25.7 Å². The predicted molar refractivity (Wildman–Crippen MR) is 46.4 cm³/mol. The van der Waals surface area contributed by atoms with Crippen molar-refractivity contribution < 1.29 is 4.79 Å². The molecule has 0 bridgehead atoms. The smallest absolute Gasteiger partial charge is 0.158 e. The van der Waals surface area contributed by atoms with E-state index in [0.29, 0.717) is 11.7 Å². The summed E-state index contributed by atoms with van der Waals surface area (Å²) in [5, 5.41) is 0. The zero-order chi connectivity index (χ0) is 8.27. The van der Waals surface area contributed by atoms with E-state index in [2.05, 4.69) is 13.8 Å². The molecule has 0 heterocycles. The van der Waals surface area contributed by atoms with Crippen LogP contribution in [-0.2, 0) is 4.79 Å². The number of carbonyl (C=O) groups excluding carboxylic acids is 1. The van der Waals surface area contributed by atoms with E-state index >= 15 is 0 Å². The van der Waals surface area contributed by atoms with E-state index in [4.69, 9.17) is 0 Å². The highest BCUT2D eigenvalue weighted by atomic mass is 16.1. The summed E-state index contributed by atoms with van der Waals surface area (Å²) in [5.41, 5.74) is 1.29. The quantitative estimate of drug-likeness (QED) is 0.566. The molecule has 0 aromatic heterocycles. The molecule has 1 aliphatic carbocycles. The molecular formula is C10H16O. The van der Waals surface area contributed by atoms with Gasteiger partial charge < -0.3 is 0 Å².